The topological polar surface area (TPSA) is 173 Å². The van der Waals surface area contributed by atoms with Crippen LogP contribution in [0.2, 0.25) is 0 Å². The number of phenolic OH excluding ortho intramolecular Hbond substituents is 1. The Kier molecular flexibility index (Phi) is 11.0. The van der Waals surface area contributed by atoms with E-state index in [1.54, 1.807) is 85.1 Å². The molecule has 0 fully saturated rings. The van der Waals surface area contributed by atoms with Gasteiger partial charge in [0, 0.05) is 50.9 Å². The van der Waals surface area contributed by atoms with E-state index < -0.39 is 22.0 Å². The first-order valence-electron chi connectivity index (χ1n) is 14.6. The van der Waals surface area contributed by atoms with E-state index in [2.05, 4.69) is 20.9 Å². The fourth-order valence-electron chi connectivity index (χ4n) is 4.47. The molecular weight excluding hydrogens is 667 g/mol. The van der Waals surface area contributed by atoms with Crippen LogP contribution in [-0.2, 0) is 9.59 Å². The van der Waals surface area contributed by atoms with Crippen LogP contribution in [0, 0.1) is 10.1 Å². The van der Waals surface area contributed by atoms with Crippen molar-refractivity contribution in [3.05, 3.63) is 129 Å². The Labute approximate surface area is 289 Å². The number of nitro benzene ring substituents is 1. The van der Waals surface area contributed by atoms with Crippen molar-refractivity contribution in [3.63, 3.8) is 0 Å². The average Bonchev–Trinajstić information content (AvgIpc) is 3.57. The predicted molar refractivity (Wildman–Crippen MR) is 190 cm³/mol. The third-order valence-corrected chi connectivity index (χ3v) is 8.76. The van der Waals surface area contributed by atoms with Gasteiger partial charge in [0.2, 0.25) is 5.91 Å². The second kappa shape index (κ2) is 15.7. The molecule has 3 amide bonds. The van der Waals surface area contributed by atoms with Crippen molar-refractivity contribution >= 4 is 63.4 Å². The van der Waals surface area contributed by atoms with Crippen LogP contribution in [0.1, 0.15) is 22.8 Å². The maximum Gasteiger partial charge on any atom is 0.272 e. The standard InChI is InChI=1S/C35H29N5O7S2/c1-21(32(42)39-35-38-30(20-48-35)23-10-6-12-26(16-23)40(45)46)49-28-13-7-11-25(18-28)36-34(44)29(37-33(43)22-8-4-3-5-9-22)17-24-14-15-27(41)19-31(24)47-2/h3-21,41H,1-2H3,(H,36,44)(H,37,43)(H,38,39,42)/b29-17+. The summed E-state index contributed by atoms with van der Waals surface area (Å²) in [4.78, 5) is 55.4. The Morgan fingerprint density at radius 2 is 1.76 bits per heavy atom. The summed E-state index contributed by atoms with van der Waals surface area (Å²) in [6, 6.07) is 25.8. The zero-order valence-electron chi connectivity index (χ0n) is 26.1. The van der Waals surface area contributed by atoms with Crippen molar-refractivity contribution in [1.82, 2.24) is 10.3 Å². The largest absolute Gasteiger partial charge is 0.508 e. The normalized spacial score (nSPS) is 11.7. The fraction of sp³-hybridized carbons (Fsp3) is 0.0857. The molecule has 0 saturated heterocycles. The molecule has 5 aromatic rings. The molecule has 1 aromatic heterocycles. The Balaban J connectivity index is 1.27. The minimum atomic E-state index is -0.615. The molecule has 0 spiro atoms. The highest BCUT2D eigenvalue weighted by atomic mass is 32.2. The molecule has 1 atom stereocenters. The quantitative estimate of drug-likeness (QED) is 0.0466. The molecule has 5 rings (SSSR count). The monoisotopic (exact) mass is 695 g/mol. The van der Waals surface area contributed by atoms with Crippen LogP contribution in [0.3, 0.4) is 0 Å². The zero-order valence-corrected chi connectivity index (χ0v) is 27.7. The number of aromatic nitrogens is 1. The van der Waals surface area contributed by atoms with Crippen LogP contribution < -0.4 is 20.7 Å². The third kappa shape index (κ3) is 9.09. The van der Waals surface area contributed by atoms with Crippen LogP contribution in [0.5, 0.6) is 11.5 Å². The number of rotatable bonds is 12. The molecule has 248 valence electrons. The zero-order chi connectivity index (χ0) is 34.9. The number of thioether (sulfide) groups is 1. The number of nitrogens with one attached hydrogen (secondary N) is 3. The van der Waals surface area contributed by atoms with E-state index in [4.69, 9.17) is 4.74 Å². The molecule has 0 aliphatic heterocycles. The number of phenols is 1. The van der Waals surface area contributed by atoms with Gasteiger partial charge in [0.25, 0.3) is 17.5 Å². The van der Waals surface area contributed by atoms with E-state index in [-0.39, 0.29) is 23.0 Å². The number of hydrogen-bond donors (Lipinski definition) is 4. The molecule has 0 saturated carbocycles. The highest BCUT2D eigenvalue weighted by molar-refractivity contribution is 8.00. The number of ether oxygens (including phenoxy) is 1. The van der Waals surface area contributed by atoms with Crippen molar-refractivity contribution in [3.8, 4) is 22.8 Å². The van der Waals surface area contributed by atoms with Crippen molar-refractivity contribution in [2.75, 3.05) is 17.7 Å². The van der Waals surface area contributed by atoms with Gasteiger partial charge in [-0.25, -0.2) is 4.98 Å². The Hall–Kier alpha value is -5.99. The van der Waals surface area contributed by atoms with E-state index in [9.17, 15) is 29.6 Å². The molecule has 14 heteroatoms. The number of nitrogens with zero attached hydrogens (tertiary/aromatic N) is 2. The molecular formula is C35H29N5O7S2. The minimum absolute atomic E-state index is 0.0255. The maximum atomic E-state index is 13.6. The summed E-state index contributed by atoms with van der Waals surface area (Å²) in [6.45, 7) is 1.73. The van der Waals surface area contributed by atoms with Gasteiger partial charge in [0.1, 0.15) is 17.2 Å². The third-order valence-electron chi connectivity index (χ3n) is 6.91. The molecule has 1 heterocycles. The lowest BCUT2D eigenvalue weighted by molar-refractivity contribution is -0.384. The van der Waals surface area contributed by atoms with Crippen LogP contribution in [-0.4, -0.2) is 45.1 Å². The number of carbonyl (C=O) groups is 3. The highest BCUT2D eigenvalue weighted by Gasteiger charge is 2.19. The summed E-state index contributed by atoms with van der Waals surface area (Å²) in [5, 5.41) is 30.8. The molecule has 0 aliphatic carbocycles. The van der Waals surface area contributed by atoms with Gasteiger partial charge in [-0.3, -0.25) is 24.5 Å². The van der Waals surface area contributed by atoms with Crippen LogP contribution in [0.15, 0.2) is 113 Å². The summed E-state index contributed by atoms with van der Waals surface area (Å²) in [7, 11) is 1.42. The van der Waals surface area contributed by atoms with Crippen LogP contribution >= 0.6 is 23.1 Å². The highest BCUT2D eigenvalue weighted by Crippen LogP contribution is 2.30. The molecule has 0 radical (unpaired) electrons. The molecule has 49 heavy (non-hydrogen) atoms. The molecule has 1 unspecified atom stereocenters. The van der Waals surface area contributed by atoms with Gasteiger partial charge < -0.3 is 25.8 Å². The van der Waals surface area contributed by atoms with Gasteiger partial charge in [0.05, 0.1) is 23.0 Å². The van der Waals surface area contributed by atoms with Gasteiger partial charge in [0.15, 0.2) is 5.13 Å². The van der Waals surface area contributed by atoms with E-state index in [0.717, 1.165) is 0 Å². The average molecular weight is 696 g/mol. The molecule has 0 aliphatic rings. The molecule has 0 bridgehead atoms. The predicted octanol–water partition coefficient (Wildman–Crippen LogP) is 6.96. The van der Waals surface area contributed by atoms with Gasteiger partial charge in [-0.1, -0.05) is 36.4 Å². The number of methoxy groups -OCH3 is 1. The summed E-state index contributed by atoms with van der Waals surface area (Å²) in [6.07, 6.45) is 1.45. The number of hydrogen-bond acceptors (Lipinski definition) is 10. The second-order valence-electron chi connectivity index (χ2n) is 10.4. The maximum absolute atomic E-state index is 13.6. The number of amides is 3. The molecule has 4 N–H and O–H groups in total. The van der Waals surface area contributed by atoms with Gasteiger partial charge >= 0.3 is 0 Å². The van der Waals surface area contributed by atoms with Crippen molar-refractivity contribution in [2.45, 2.75) is 17.1 Å². The smallest absolute Gasteiger partial charge is 0.272 e. The number of thiazole rings is 1. The molecule has 12 nitrogen and oxygen atoms in total. The first-order chi connectivity index (χ1) is 23.6. The lowest BCUT2D eigenvalue weighted by atomic mass is 10.1. The van der Waals surface area contributed by atoms with Crippen molar-refractivity contribution < 1.29 is 29.2 Å². The summed E-state index contributed by atoms with van der Waals surface area (Å²) in [5.74, 6) is -1.15. The van der Waals surface area contributed by atoms with E-state index >= 15 is 0 Å². The Bertz CT molecular complexity index is 2050. The number of carbonyl (C=O) groups excluding carboxylic acids is 3. The van der Waals surface area contributed by atoms with E-state index in [1.165, 1.54) is 60.5 Å². The first kappa shape index (κ1) is 34.3. The van der Waals surface area contributed by atoms with Crippen LogP contribution in [0.25, 0.3) is 17.3 Å². The lowest BCUT2D eigenvalue weighted by Gasteiger charge is -2.14. The first-order valence-corrected chi connectivity index (χ1v) is 16.4. The van der Waals surface area contributed by atoms with E-state index in [1.807, 2.05) is 0 Å². The number of nitro groups is 1. The molecule has 4 aromatic carbocycles. The number of non-ortho nitro benzene ring substituents is 1. The van der Waals surface area contributed by atoms with Gasteiger partial charge in [-0.15, -0.1) is 23.1 Å². The van der Waals surface area contributed by atoms with Crippen molar-refractivity contribution in [2.24, 2.45) is 0 Å². The van der Waals surface area contributed by atoms with E-state index in [0.29, 0.717) is 43.8 Å². The number of anilines is 2. The van der Waals surface area contributed by atoms with Gasteiger partial charge in [-0.2, -0.15) is 0 Å². The number of benzene rings is 4. The Morgan fingerprint density at radius 3 is 2.51 bits per heavy atom. The lowest BCUT2D eigenvalue weighted by Crippen LogP contribution is -2.30. The van der Waals surface area contributed by atoms with Gasteiger partial charge in [-0.05, 0) is 55.5 Å². The fourth-order valence-corrected chi connectivity index (χ4v) is 6.12. The second-order valence-corrected chi connectivity index (χ2v) is 12.7. The minimum Gasteiger partial charge on any atom is -0.508 e. The summed E-state index contributed by atoms with van der Waals surface area (Å²) in [5.41, 5.74) is 2.15. The van der Waals surface area contributed by atoms with Crippen molar-refractivity contribution in [1.29, 1.82) is 0 Å². The Morgan fingerprint density at radius 1 is 0.980 bits per heavy atom. The SMILES string of the molecule is COc1cc(O)ccc1/C=C(/NC(=O)c1ccccc1)C(=O)Nc1cccc(SC(C)C(=O)Nc2nc(-c3cccc([N+](=O)[O-])c3)cs2)c1. The summed E-state index contributed by atoms with van der Waals surface area (Å²) >= 11 is 2.46. The van der Waals surface area contributed by atoms with Crippen LogP contribution in [0.4, 0.5) is 16.5 Å². The summed E-state index contributed by atoms with van der Waals surface area (Å²) < 4.78 is 5.35. The number of aromatic hydroxyl groups is 1.